The maximum absolute atomic E-state index is 10.6. The van der Waals surface area contributed by atoms with Crippen molar-refractivity contribution in [3.8, 4) is 5.75 Å². The zero-order valence-corrected chi connectivity index (χ0v) is 10.4. The molecule has 0 aromatic heterocycles. The van der Waals surface area contributed by atoms with E-state index in [-0.39, 0.29) is 13.2 Å². The molecule has 1 aromatic rings. The Morgan fingerprint density at radius 1 is 1.56 bits per heavy atom. The molecule has 98 valence electrons. The molecule has 0 amide bonds. The molecule has 1 heterocycles. The molecular weight excluding hydrogens is 258 g/mol. The number of nitrogens with two attached hydrogens (primary N) is 1. The summed E-state index contributed by atoms with van der Waals surface area (Å²) >= 11 is 6.01. The van der Waals surface area contributed by atoms with Crippen molar-refractivity contribution in [2.24, 2.45) is 5.73 Å². The van der Waals surface area contributed by atoms with Gasteiger partial charge < -0.3 is 20.3 Å². The summed E-state index contributed by atoms with van der Waals surface area (Å²) in [5, 5.41) is 9.21. The molecule has 0 fully saturated rings. The molecule has 1 aliphatic heterocycles. The summed E-state index contributed by atoms with van der Waals surface area (Å²) in [5.74, 6) is -0.200. The number of halogens is 1. The van der Waals surface area contributed by atoms with Gasteiger partial charge in [0.1, 0.15) is 5.75 Å². The number of hydrogen-bond donors (Lipinski definition) is 2. The van der Waals surface area contributed by atoms with Gasteiger partial charge in [0.25, 0.3) is 0 Å². The molecule has 1 unspecified atom stereocenters. The molecule has 0 bridgehead atoms. The third kappa shape index (κ3) is 2.93. The summed E-state index contributed by atoms with van der Waals surface area (Å²) < 4.78 is 10.6. The number of carboxylic acids is 1. The number of aliphatic carboxylic acids is 1. The van der Waals surface area contributed by atoms with Gasteiger partial charge in [-0.05, 0) is 18.6 Å². The molecule has 1 atom stereocenters. The zero-order chi connectivity index (χ0) is 13.1. The molecule has 1 aliphatic rings. The molecule has 2 rings (SSSR count). The van der Waals surface area contributed by atoms with Gasteiger partial charge in [-0.15, -0.1) is 0 Å². The first-order chi connectivity index (χ1) is 8.58. The number of benzene rings is 1. The minimum Gasteiger partial charge on any atom is -0.481 e. The van der Waals surface area contributed by atoms with Crippen LogP contribution in [0.1, 0.15) is 30.0 Å². The minimum atomic E-state index is -0.870. The smallest absolute Gasteiger partial charge is 0.303 e. The molecule has 0 aliphatic carbocycles. The highest BCUT2D eigenvalue weighted by Gasteiger charge is 2.20. The maximum Gasteiger partial charge on any atom is 0.303 e. The lowest BCUT2D eigenvalue weighted by Gasteiger charge is -2.23. The molecule has 0 saturated heterocycles. The Bertz CT molecular complexity index is 464. The molecule has 0 spiro atoms. The van der Waals surface area contributed by atoms with Gasteiger partial charge in [-0.2, -0.15) is 0 Å². The van der Waals surface area contributed by atoms with E-state index in [1.54, 1.807) is 12.1 Å². The van der Waals surface area contributed by atoms with E-state index in [1.165, 1.54) is 0 Å². The first-order valence-electron chi connectivity index (χ1n) is 5.58. The van der Waals surface area contributed by atoms with Gasteiger partial charge in [0.15, 0.2) is 6.79 Å². The van der Waals surface area contributed by atoms with Gasteiger partial charge in [0.05, 0.1) is 6.61 Å². The second-order valence-electron chi connectivity index (χ2n) is 4.13. The highest BCUT2D eigenvalue weighted by atomic mass is 35.5. The summed E-state index contributed by atoms with van der Waals surface area (Å²) in [6.45, 7) is 0.599. The lowest BCUT2D eigenvalue weighted by Crippen LogP contribution is -2.18. The second-order valence-corrected chi connectivity index (χ2v) is 4.57. The molecule has 6 heteroatoms. The van der Waals surface area contributed by atoms with E-state index >= 15 is 0 Å². The number of ether oxygens (including phenoxy) is 2. The van der Waals surface area contributed by atoms with Gasteiger partial charge in [-0.25, -0.2) is 0 Å². The van der Waals surface area contributed by atoms with E-state index in [9.17, 15) is 4.79 Å². The van der Waals surface area contributed by atoms with E-state index < -0.39 is 12.0 Å². The highest BCUT2D eigenvalue weighted by Crippen LogP contribution is 2.35. The van der Waals surface area contributed by atoms with Crippen molar-refractivity contribution < 1.29 is 19.4 Å². The van der Waals surface area contributed by atoms with Crippen LogP contribution in [0.15, 0.2) is 12.1 Å². The highest BCUT2D eigenvalue weighted by molar-refractivity contribution is 6.30. The number of carbonyl (C=O) groups is 1. The van der Waals surface area contributed by atoms with Gasteiger partial charge >= 0.3 is 5.97 Å². The first-order valence-corrected chi connectivity index (χ1v) is 5.96. The third-order valence-electron chi connectivity index (χ3n) is 2.77. The van der Waals surface area contributed by atoms with Crippen LogP contribution < -0.4 is 10.5 Å². The Balaban J connectivity index is 2.25. The predicted molar refractivity (Wildman–Crippen MR) is 65.5 cm³/mol. The fourth-order valence-corrected chi connectivity index (χ4v) is 2.17. The molecule has 0 saturated carbocycles. The fourth-order valence-electron chi connectivity index (χ4n) is 1.92. The van der Waals surface area contributed by atoms with Crippen LogP contribution in [0.2, 0.25) is 5.02 Å². The van der Waals surface area contributed by atoms with Crippen molar-refractivity contribution in [3.63, 3.8) is 0 Å². The van der Waals surface area contributed by atoms with Crippen LogP contribution in [-0.2, 0) is 16.1 Å². The summed E-state index contributed by atoms with van der Waals surface area (Å²) in [7, 11) is 0. The Morgan fingerprint density at radius 2 is 2.33 bits per heavy atom. The Hall–Kier alpha value is -1.30. The summed E-state index contributed by atoms with van der Waals surface area (Å²) in [4.78, 5) is 10.6. The van der Waals surface area contributed by atoms with Crippen LogP contribution in [-0.4, -0.2) is 17.9 Å². The SMILES string of the molecule is NC(CCC(=O)O)c1cc(Cl)cc2c1OCOC2. The van der Waals surface area contributed by atoms with Crippen LogP contribution in [0.3, 0.4) is 0 Å². The normalized spacial score (nSPS) is 15.7. The number of rotatable bonds is 4. The number of fused-ring (bicyclic) bond motifs is 1. The molecular formula is C12H14ClNO4. The van der Waals surface area contributed by atoms with E-state index in [4.69, 9.17) is 31.9 Å². The molecule has 3 N–H and O–H groups in total. The number of hydrogen-bond acceptors (Lipinski definition) is 4. The van der Waals surface area contributed by atoms with Crippen LogP contribution in [0.5, 0.6) is 5.75 Å². The van der Waals surface area contributed by atoms with E-state index in [1.807, 2.05) is 0 Å². The molecule has 0 radical (unpaired) electrons. The second kappa shape index (κ2) is 5.56. The maximum atomic E-state index is 10.6. The molecule has 1 aromatic carbocycles. The molecule has 18 heavy (non-hydrogen) atoms. The lowest BCUT2D eigenvalue weighted by molar-refractivity contribution is -0.137. The third-order valence-corrected chi connectivity index (χ3v) is 2.99. The minimum absolute atomic E-state index is 0.0129. The Kier molecular flexibility index (Phi) is 4.06. The number of carboxylic acid groups (broad SMARTS) is 1. The zero-order valence-electron chi connectivity index (χ0n) is 9.69. The van der Waals surface area contributed by atoms with E-state index in [2.05, 4.69) is 0 Å². The summed E-state index contributed by atoms with van der Waals surface area (Å²) in [6, 6.07) is 3.08. The quantitative estimate of drug-likeness (QED) is 0.876. The Morgan fingerprint density at radius 3 is 3.06 bits per heavy atom. The first kappa shape index (κ1) is 13.1. The van der Waals surface area contributed by atoms with Gasteiger partial charge in [-0.1, -0.05) is 11.6 Å². The topological polar surface area (TPSA) is 81.8 Å². The lowest BCUT2D eigenvalue weighted by atomic mass is 9.99. The van der Waals surface area contributed by atoms with Crippen molar-refractivity contribution in [2.75, 3.05) is 6.79 Å². The molecule has 5 nitrogen and oxygen atoms in total. The van der Waals surface area contributed by atoms with Crippen LogP contribution in [0.25, 0.3) is 0 Å². The largest absolute Gasteiger partial charge is 0.481 e. The fraction of sp³-hybridized carbons (Fsp3) is 0.417. The summed E-state index contributed by atoms with van der Waals surface area (Å²) in [6.07, 6.45) is 0.352. The predicted octanol–water partition coefficient (Wildman–Crippen LogP) is 2.07. The Labute approximate surface area is 109 Å². The van der Waals surface area contributed by atoms with Crippen molar-refractivity contribution >= 4 is 17.6 Å². The average molecular weight is 272 g/mol. The summed E-state index contributed by atoms with van der Waals surface area (Å²) in [5.41, 5.74) is 7.57. The van der Waals surface area contributed by atoms with Crippen molar-refractivity contribution in [1.82, 2.24) is 0 Å². The van der Waals surface area contributed by atoms with Crippen molar-refractivity contribution in [3.05, 3.63) is 28.3 Å². The van der Waals surface area contributed by atoms with E-state index in [0.717, 1.165) is 11.1 Å². The van der Waals surface area contributed by atoms with Crippen LogP contribution >= 0.6 is 11.6 Å². The van der Waals surface area contributed by atoms with E-state index in [0.29, 0.717) is 23.8 Å². The van der Waals surface area contributed by atoms with Crippen molar-refractivity contribution in [2.45, 2.75) is 25.5 Å². The van der Waals surface area contributed by atoms with Crippen LogP contribution in [0.4, 0.5) is 0 Å². The van der Waals surface area contributed by atoms with Crippen LogP contribution in [0, 0.1) is 0 Å². The van der Waals surface area contributed by atoms with Gasteiger partial charge in [0.2, 0.25) is 0 Å². The average Bonchev–Trinajstić information content (AvgIpc) is 2.34. The van der Waals surface area contributed by atoms with Gasteiger partial charge in [-0.3, -0.25) is 4.79 Å². The van der Waals surface area contributed by atoms with Gasteiger partial charge in [0, 0.05) is 28.6 Å². The van der Waals surface area contributed by atoms with Crippen molar-refractivity contribution in [1.29, 1.82) is 0 Å². The monoisotopic (exact) mass is 271 g/mol. The standard InChI is InChI=1S/C12H14ClNO4/c13-8-3-7-5-17-6-18-12(7)9(4-8)10(14)1-2-11(15)16/h3-4,10H,1-2,5-6,14H2,(H,15,16).